The van der Waals surface area contributed by atoms with Gasteiger partial charge in [0.25, 0.3) is 0 Å². The predicted molar refractivity (Wildman–Crippen MR) is 53.5 cm³/mol. The van der Waals surface area contributed by atoms with Gasteiger partial charge >= 0.3 is 6.03 Å². The lowest BCUT2D eigenvalue weighted by Gasteiger charge is -2.01. The number of carbonyl (C=O) groups is 1. The molecule has 74 valence electrons. The number of amides is 2. The Morgan fingerprint density at radius 1 is 1.42 bits per heavy atom. The second kappa shape index (κ2) is 10.6. The van der Waals surface area contributed by atoms with E-state index in [0.29, 0.717) is 0 Å². The number of alkyl halides is 1. The zero-order valence-electron chi connectivity index (χ0n) is 8.14. The lowest BCUT2D eigenvalue weighted by atomic mass is 10.3. The van der Waals surface area contributed by atoms with Gasteiger partial charge in [0.15, 0.2) is 0 Å². The highest BCUT2D eigenvalue weighted by Crippen LogP contribution is 1.93. The summed E-state index contributed by atoms with van der Waals surface area (Å²) in [7, 11) is 3.20. The normalized spacial score (nSPS) is 8.33. The van der Waals surface area contributed by atoms with Crippen LogP contribution in [0.2, 0.25) is 0 Å². The van der Waals surface area contributed by atoms with Crippen molar-refractivity contribution in [3.05, 3.63) is 0 Å². The highest BCUT2D eigenvalue weighted by Gasteiger charge is 1.88. The molecular weight excluding hydrogens is 176 g/mol. The lowest BCUT2D eigenvalue weighted by Crippen LogP contribution is -2.27. The molecule has 0 rings (SSSR count). The maximum absolute atomic E-state index is 9.85. The standard InChI is InChI=1S/C5H11Cl.C3H8N2O/c1-2-3-4-5-6;1-5(2)3(4)6/h2-5H2,1H3;1-2H3,(H2,4,6). The Morgan fingerprint density at radius 2 is 1.83 bits per heavy atom. The summed E-state index contributed by atoms with van der Waals surface area (Å²) in [5, 5.41) is 0. The van der Waals surface area contributed by atoms with Crippen molar-refractivity contribution in [2.75, 3.05) is 20.0 Å². The molecular formula is C8H19ClN2O. The van der Waals surface area contributed by atoms with Crippen LogP contribution in [-0.2, 0) is 0 Å². The van der Waals surface area contributed by atoms with E-state index in [2.05, 4.69) is 6.92 Å². The van der Waals surface area contributed by atoms with Crippen molar-refractivity contribution in [2.45, 2.75) is 26.2 Å². The summed E-state index contributed by atoms with van der Waals surface area (Å²) in [5.41, 5.74) is 4.72. The minimum absolute atomic E-state index is 0.407. The Balaban J connectivity index is 0. The van der Waals surface area contributed by atoms with Crippen molar-refractivity contribution in [3.8, 4) is 0 Å². The quantitative estimate of drug-likeness (QED) is 0.543. The van der Waals surface area contributed by atoms with Gasteiger partial charge in [-0.2, -0.15) is 0 Å². The van der Waals surface area contributed by atoms with Crippen molar-refractivity contribution in [1.82, 2.24) is 4.90 Å². The first-order valence-corrected chi connectivity index (χ1v) is 4.62. The molecule has 0 saturated heterocycles. The summed E-state index contributed by atoms with van der Waals surface area (Å²) in [4.78, 5) is 11.2. The van der Waals surface area contributed by atoms with E-state index >= 15 is 0 Å². The van der Waals surface area contributed by atoms with Gasteiger partial charge in [0, 0.05) is 20.0 Å². The third kappa shape index (κ3) is 16.3. The number of unbranched alkanes of at least 4 members (excludes halogenated alkanes) is 2. The van der Waals surface area contributed by atoms with E-state index in [9.17, 15) is 4.79 Å². The molecule has 0 aliphatic heterocycles. The molecule has 0 aromatic heterocycles. The topological polar surface area (TPSA) is 46.3 Å². The Bertz CT molecular complexity index is 103. The van der Waals surface area contributed by atoms with Crippen LogP contribution >= 0.6 is 11.6 Å². The Labute approximate surface area is 79.9 Å². The number of primary amides is 1. The molecule has 2 amide bonds. The summed E-state index contributed by atoms with van der Waals surface area (Å²) in [6.07, 6.45) is 3.73. The van der Waals surface area contributed by atoms with Crippen LogP contribution in [0.4, 0.5) is 4.79 Å². The molecule has 0 unspecified atom stereocenters. The molecule has 0 atom stereocenters. The van der Waals surface area contributed by atoms with Gasteiger partial charge in [0.2, 0.25) is 0 Å². The molecule has 0 fully saturated rings. The molecule has 0 bridgehead atoms. The van der Waals surface area contributed by atoms with Gasteiger partial charge in [-0.1, -0.05) is 19.8 Å². The van der Waals surface area contributed by atoms with Crippen molar-refractivity contribution < 1.29 is 4.79 Å². The molecule has 2 N–H and O–H groups in total. The Kier molecular flexibility index (Phi) is 12.4. The summed E-state index contributed by atoms with van der Waals surface area (Å²) >= 11 is 5.38. The van der Waals surface area contributed by atoms with E-state index in [-0.39, 0.29) is 0 Å². The van der Waals surface area contributed by atoms with Crippen LogP contribution in [0.1, 0.15) is 26.2 Å². The van der Waals surface area contributed by atoms with Crippen LogP contribution in [0.15, 0.2) is 0 Å². The highest BCUT2D eigenvalue weighted by atomic mass is 35.5. The molecule has 0 aromatic carbocycles. The molecule has 0 aromatic rings. The van der Waals surface area contributed by atoms with Crippen molar-refractivity contribution in [2.24, 2.45) is 5.73 Å². The fraction of sp³-hybridized carbons (Fsp3) is 0.875. The van der Waals surface area contributed by atoms with Crippen LogP contribution in [-0.4, -0.2) is 30.9 Å². The first-order valence-electron chi connectivity index (χ1n) is 4.09. The summed E-state index contributed by atoms with van der Waals surface area (Å²) in [6.45, 7) is 2.17. The summed E-state index contributed by atoms with van der Waals surface area (Å²) in [6, 6.07) is -0.407. The number of halogens is 1. The molecule has 0 aliphatic rings. The SMILES string of the molecule is CCCCCCl.CN(C)C(N)=O. The number of urea groups is 1. The van der Waals surface area contributed by atoms with Crippen LogP contribution in [0, 0.1) is 0 Å². The van der Waals surface area contributed by atoms with E-state index in [4.69, 9.17) is 17.3 Å². The van der Waals surface area contributed by atoms with E-state index in [0.717, 1.165) is 5.88 Å². The molecule has 12 heavy (non-hydrogen) atoms. The Morgan fingerprint density at radius 3 is 1.92 bits per heavy atom. The fourth-order valence-corrected chi connectivity index (χ4v) is 0.533. The van der Waals surface area contributed by atoms with E-state index < -0.39 is 6.03 Å². The van der Waals surface area contributed by atoms with E-state index in [1.165, 1.54) is 24.2 Å². The minimum atomic E-state index is -0.407. The molecule has 0 aliphatic carbocycles. The van der Waals surface area contributed by atoms with Gasteiger partial charge < -0.3 is 10.6 Å². The number of rotatable bonds is 3. The van der Waals surface area contributed by atoms with Crippen LogP contribution in [0.5, 0.6) is 0 Å². The maximum Gasteiger partial charge on any atom is 0.314 e. The average molecular weight is 195 g/mol. The third-order valence-electron chi connectivity index (χ3n) is 1.18. The second-order valence-corrected chi connectivity index (χ2v) is 3.01. The zero-order chi connectivity index (χ0) is 9.98. The number of carbonyl (C=O) groups excluding carboxylic acids is 1. The monoisotopic (exact) mass is 194 g/mol. The number of nitrogens with two attached hydrogens (primary N) is 1. The number of hydrogen-bond donors (Lipinski definition) is 1. The van der Waals surface area contributed by atoms with Crippen LogP contribution in [0.25, 0.3) is 0 Å². The summed E-state index contributed by atoms with van der Waals surface area (Å²) in [5.74, 6) is 0.827. The van der Waals surface area contributed by atoms with Crippen LogP contribution < -0.4 is 5.73 Å². The van der Waals surface area contributed by atoms with Gasteiger partial charge in [0.1, 0.15) is 0 Å². The molecule has 0 saturated carbocycles. The van der Waals surface area contributed by atoms with Gasteiger partial charge in [-0.25, -0.2) is 4.79 Å². The fourth-order valence-electron chi connectivity index (χ4n) is 0.344. The van der Waals surface area contributed by atoms with Gasteiger partial charge in [-0.05, 0) is 6.42 Å². The highest BCUT2D eigenvalue weighted by molar-refractivity contribution is 6.17. The van der Waals surface area contributed by atoms with E-state index in [1.807, 2.05) is 0 Å². The number of hydrogen-bond acceptors (Lipinski definition) is 1. The van der Waals surface area contributed by atoms with Crippen LogP contribution in [0.3, 0.4) is 0 Å². The molecule has 0 spiro atoms. The Hall–Kier alpha value is -0.440. The molecule has 3 nitrogen and oxygen atoms in total. The smallest absolute Gasteiger partial charge is 0.314 e. The van der Waals surface area contributed by atoms with Gasteiger partial charge in [-0.3, -0.25) is 0 Å². The van der Waals surface area contributed by atoms with Crippen molar-refractivity contribution in [3.63, 3.8) is 0 Å². The number of nitrogens with zero attached hydrogens (tertiary/aromatic N) is 1. The lowest BCUT2D eigenvalue weighted by molar-refractivity contribution is 0.227. The maximum atomic E-state index is 9.85. The van der Waals surface area contributed by atoms with Crippen molar-refractivity contribution >= 4 is 17.6 Å². The van der Waals surface area contributed by atoms with Gasteiger partial charge in [0.05, 0.1) is 0 Å². The molecule has 0 heterocycles. The largest absolute Gasteiger partial charge is 0.352 e. The van der Waals surface area contributed by atoms with E-state index in [1.54, 1.807) is 14.1 Å². The first-order chi connectivity index (χ1) is 5.56. The third-order valence-corrected chi connectivity index (χ3v) is 1.45. The van der Waals surface area contributed by atoms with Gasteiger partial charge in [-0.15, -0.1) is 11.6 Å². The molecule has 4 heteroatoms. The zero-order valence-corrected chi connectivity index (χ0v) is 8.90. The summed E-state index contributed by atoms with van der Waals surface area (Å²) < 4.78 is 0. The van der Waals surface area contributed by atoms with Crippen molar-refractivity contribution in [1.29, 1.82) is 0 Å². The average Bonchev–Trinajstić information content (AvgIpc) is 2.02. The molecule has 0 radical (unpaired) electrons. The minimum Gasteiger partial charge on any atom is -0.352 e. The predicted octanol–water partition coefficient (Wildman–Crippen LogP) is 2.04. The first kappa shape index (κ1) is 14.1. The second-order valence-electron chi connectivity index (χ2n) is 2.63.